The van der Waals surface area contributed by atoms with E-state index in [9.17, 15) is 9.59 Å². The zero-order valence-electron chi connectivity index (χ0n) is 15.6. The molecule has 0 saturated heterocycles. The molecule has 144 valence electrons. The van der Waals surface area contributed by atoms with Gasteiger partial charge in [0.05, 0.1) is 10.3 Å². The van der Waals surface area contributed by atoms with Gasteiger partial charge in [-0.1, -0.05) is 22.4 Å². The lowest BCUT2D eigenvalue weighted by Gasteiger charge is -2.17. The van der Waals surface area contributed by atoms with Crippen LogP contribution in [-0.2, 0) is 19.4 Å². The van der Waals surface area contributed by atoms with E-state index >= 15 is 0 Å². The summed E-state index contributed by atoms with van der Waals surface area (Å²) in [5.74, 6) is 0.841. The van der Waals surface area contributed by atoms with Crippen LogP contribution in [0.4, 0.5) is 5.69 Å². The zero-order valence-corrected chi connectivity index (χ0v) is 18.0. The molecule has 0 radical (unpaired) electrons. The maximum Gasteiger partial charge on any atom is 0.268 e. The predicted molar refractivity (Wildman–Crippen MR) is 116 cm³/mol. The van der Waals surface area contributed by atoms with E-state index in [0.29, 0.717) is 21.6 Å². The van der Waals surface area contributed by atoms with E-state index in [1.807, 2.05) is 28.5 Å². The Balaban J connectivity index is 1.61. The van der Waals surface area contributed by atoms with Crippen LogP contribution < -0.4 is 10.5 Å². The van der Waals surface area contributed by atoms with Crippen molar-refractivity contribution < 1.29 is 4.79 Å². The number of halogens is 1. The fourth-order valence-electron chi connectivity index (χ4n) is 4.32. The predicted octanol–water partition coefficient (Wildman–Crippen LogP) is 4.46. The monoisotopic (exact) mass is 457 g/mol. The Morgan fingerprint density at radius 1 is 1.18 bits per heavy atom. The van der Waals surface area contributed by atoms with Gasteiger partial charge in [-0.05, 0) is 55.5 Å². The average molecular weight is 458 g/mol. The van der Waals surface area contributed by atoms with Gasteiger partial charge in [0, 0.05) is 29.7 Å². The Morgan fingerprint density at radius 3 is 2.89 bits per heavy atom. The van der Waals surface area contributed by atoms with Crippen molar-refractivity contribution in [2.75, 3.05) is 11.4 Å². The Kier molecular flexibility index (Phi) is 4.39. The first-order valence-electron chi connectivity index (χ1n) is 9.67. The number of thiophene rings is 1. The number of benzene rings is 1. The maximum atomic E-state index is 13.4. The van der Waals surface area contributed by atoms with E-state index < -0.39 is 0 Å². The summed E-state index contributed by atoms with van der Waals surface area (Å²) in [6.07, 6.45) is 4.88. The van der Waals surface area contributed by atoms with Crippen LogP contribution in [0.15, 0.2) is 27.5 Å². The summed E-state index contributed by atoms with van der Waals surface area (Å²) >= 11 is 4.87. The third-order valence-electron chi connectivity index (χ3n) is 5.79. The van der Waals surface area contributed by atoms with Crippen molar-refractivity contribution in [3.05, 3.63) is 54.9 Å². The first-order chi connectivity index (χ1) is 13.5. The molecule has 0 N–H and O–H groups in total. The van der Waals surface area contributed by atoms with Gasteiger partial charge in [-0.15, -0.1) is 11.3 Å². The molecule has 0 unspecified atom stereocenters. The Labute approximate surface area is 175 Å². The van der Waals surface area contributed by atoms with Crippen molar-refractivity contribution in [2.24, 2.45) is 0 Å². The molecule has 0 atom stereocenters. The first-order valence-corrected chi connectivity index (χ1v) is 11.3. The molecule has 0 fully saturated rings. The number of hydrogen-bond acceptors (Lipinski definition) is 4. The smallest absolute Gasteiger partial charge is 0.268 e. The fourth-order valence-corrected chi connectivity index (χ4v) is 5.87. The van der Waals surface area contributed by atoms with Crippen LogP contribution in [0.5, 0.6) is 0 Å². The van der Waals surface area contributed by atoms with Crippen molar-refractivity contribution in [1.29, 1.82) is 0 Å². The topological polar surface area (TPSA) is 55.2 Å². The fraction of sp³-hybridized carbons (Fsp3) is 0.381. The number of aromatic nitrogens is 2. The third kappa shape index (κ3) is 2.75. The molecule has 2 aromatic heterocycles. The number of carbonyl (C=O) groups is 1. The van der Waals surface area contributed by atoms with Gasteiger partial charge in [0.1, 0.15) is 10.7 Å². The molecular formula is C21H20BrN3O2S. The van der Waals surface area contributed by atoms with E-state index in [1.54, 1.807) is 0 Å². The number of amides is 1. The Bertz CT molecular complexity index is 1180. The van der Waals surface area contributed by atoms with Gasteiger partial charge >= 0.3 is 0 Å². The molecule has 5 rings (SSSR count). The molecule has 0 spiro atoms. The van der Waals surface area contributed by atoms with Crippen LogP contribution >= 0.6 is 27.3 Å². The summed E-state index contributed by atoms with van der Waals surface area (Å²) in [6.45, 7) is 3.28. The highest BCUT2D eigenvalue weighted by Gasteiger charge is 2.29. The van der Waals surface area contributed by atoms with E-state index in [0.717, 1.165) is 60.2 Å². The van der Waals surface area contributed by atoms with E-state index in [2.05, 4.69) is 22.0 Å². The molecular weight excluding hydrogens is 438 g/mol. The first kappa shape index (κ1) is 18.1. The quantitative estimate of drug-likeness (QED) is 0.541. The zero-order chi connectivity index (χ0) is 19.4. The minimum absolute atomic E-state index is 0.0143. The van der Waals surface area contributed by atoms with Crippen LogP contribution in [-0.4, -0.2) is 22.0 Å². The summed E-state index contributed by atoms with van der Waals surface area (Å²) in [5, 5.41) is 0.620. The summed E-state index contributed by atoms with van der Waals surface area (Å²) in [7, 11) is 0. The summed E-state index contributed by atoms with van der Waals surface area (Å²) in [6, 6.07) is 6.03. The van der Waals surface area contributed by atoms with Crippen molar-refractivity contribution in [2.45, 2.75) is 45.6 Å². The maximum absolute atomic E-state index is 13.4. The van der Waals surface area contributed by atoms with Crippen molar-refractivity contribution in [1.82, 2.24) is 9.55 Å². The molecule has 1 aromatic carbocycles. The van der Waals surface area contributed by atoms with E-state index in [4.69, 9.17) is 4.98 Å². The molecule has 1 amide bonds. The highest BCUT2D eigenvalue weighted by atomic mass is 79.9. The standard InChI is InChI=1S/C21H20BrN3O2S/c1-12-17-19(23-16-5-3-2-4-9-25(16)20(17)26)28-18(12)21(27)24-10-8-13-11-14(22)6-7-15(13)24/h6-7,11H,2-5,8-10H2,1H3. The molecule has 7 heteroatoms. The number of anilines is 1. The Hall–Kier alpha value is -1.99. The number of carbonyl (C=O) groups excluding carboxylic acids is 1. The molecule has 0 saturated carbocycles. The average Bonchev–Trinajstić information content (AvgIpc) is 3.13. The second-order valence-corrected chi connectivity index (χ2v) is 9.43. The summed E-state index contributed by atoms with van der Waals surface area (Å²) in [5.41, 5.74) is 2.92. The molecule has 2 aliphatic heterocycles. The molecule has 28 heavy (non-hydrogen) atoms. The van der Waals surface area contributed by atoms with Gasteiger partial charge in [0.25, 0.3) is 11.5 Å². The molecule has 0 aliphatic carbocycles. The number of nitrogens with zero attached hydrogens (tertiary/aromatic N) is 3. The van der Waals surface area contributed by atoms with Gasteiger partial charge < -0.3 is 4.90 Å². The number of rotatable bonds is 1. The van der Waals surface area contributed by atoms with Crippen molar-refractivity contribution >= 4 is 49.1 Å². The number of hydrogen-bond donors (Lipinski definition) is 0. The lowest BCUT2D eigenvalue weighted by molar-refractivity contribution is 0.0993. The molecule has 4 heterocycles. The van der Waals surface area contributed by atoms with Gasteiger partial charge in [-0.2, -0.15) is 0 Å². The third-order valence-corrected chi connectivity index (χ3v) is 7.45. The minimum atomic E-state index is -0.0267. The normalized spacial score (nSPS) is 16.1. The second kappa shape index (κ2) is 6.81. The van der Waals surface area contributed by atoms with E-state index in [-0.39, 0.29) is 11.5 Å². The van der Waals surface area contributed by atoms with Gasteiger partial charge in [-0.25, -0.2) is 4.98 Å². The second-order valence-electron chi connectivity index (χ2n) is 7.51. The Morgan fingerprint density at radius 2 is 2.04 bits per heavy atom. The SMILES string of the molecule is Cc1c(C(=O)N2CCc3cc(Br)ccc32)sc2nc3n(c(=O)c12)CCCCC3. The highest BCUT2D eigenvalue weighted by Crippen LogP contribution is 2.35. The van der Waals surface area contributed by atoms with Crippen LogP contribution in [0.2, 0.25) is 0 Å². The van der Waals surface area contributed by atoms with Gasteiger partial charge in [0.2, 0.25) is 0 Å². The lowest BCUT2D eigenvalue weighted by atomic mass is 10.1. The summed E-state index contributed by atoms with van der Waals surface area (Å²) < 4.78 is 2.85. The van der Waals surface area contributed by atoms with Gasteiger partial charge in [0.15, 0.2) is 0 Å². The molecule has 3 aromatic rings. The van der Waals surface area contributed by atoms with Gasteiger partial charge in [-0.3, -0.25) is 14.2 Å². The number of aryl methyl sites for hydroxylation is 2. The van der Waals surface area contributed by atoms with Crippen LogP contribution in [0.1, 0.15) is 45.9 Å². The summed E-state index contributed by atoms with van der Waals surface area (Å²) in [4.78, 5) is 34.5. The molecule has 0 bridgehead atoms. The van der Waals surface area contributed by atoms with Crippen molar-refractivity contribution in [3.63, 3.8) is 0 Å². The largest absolute Gasteiger partial charge is 0.307 e. The molecule has 5 nitrogen and oxygen atoms in total. The molecule has 2 aliphatic rings. The van der Waals surface area contributed by atoms with E-state index in [1.165, 1.54) is 16.9 Å². The van der Waals surface area contributed by atoms with Crippen LogP contribution in [0.25, 0.3) is 10.2 Å². The lowest BCUT2D eigenvalue weighted by Crippen LogP contribution is -2.28. The minimum Gasteiger partial charge on any atom is -0.307 e. The van der Waals surface area contributed by atoms with Crippen LogP contribution in [0.3, 0.4) is 0 Å². The highest BCUT2D eigenvalue weighted by molar-refractivity contribution is 9.10. The van der Waals surface area contributed by atoms with Crippen molar-refractivity contribution in [3.8, 4) is 0 Å². The number of fused-ring (bicyclic) bond motifs is 3. The van der Waals surface area contributed by atoms with Crippen LogP contribution in [0, 0.1) is 6.92 Å².